The number of aromatic amines is 1. The number of imidazole rings is 1. The Balaban J connectivity index is 1.34. The molecule has 0 aliphatic rings. The molecular formula is C39H38N8. The maximum atomic E-state index is 5.37. The van der Waals surface area contributed by atoms with Gasteiger partial charge in [-0.3, -0.25) is 0 Å². The van der Waals surface area contributed by atoms with Crippen LogP contribution >= 0.6 is 0 Å². The average molecular weight is 619 g/mol. The molecular weight excluding hydrogens is 580 g/mol. The summed E-state index contributed by atoms with van der Waals surface area (Å²) >= 11 is 0. The van der Waals surface area contributed by atoms with E-state index in [1.807, 2.05) is 18.2 Å². The zero-order valence-electron chi connectivity index (χ0n) is 27.0. The van der Waals surface area contributed by atoms with Crippen molar-refractivity contribution in [3.63, 3.8) is 0 Å². The van der Waals surface area contributed by atoms with Crippen LogP contribution in [0, 0.1) is 0 Å². The van der Waals surface area contributed by atoms with Crippen LogP contribution < -0.4 is 0 Å². The number of H-pyrrole nitrogens is 1. The van der Waals surface area contributed by atoms with E-state index < -0.39 is 0 Å². The molecule has 0 fully saturated rings. The van der Waals surface area contributed by atoms with E-state index in [1.54, 1.807) is 0 Å². The first-order valence-electron chi connectivity index (χ1n) is 16.4. The molecule has 0 saturated heterocycles. The molecule has 4 aromatic carbocycles. The van der Waals surface area contributed by atoms with Crippen molar-refractivity contribution in [1.82, 2.24) is 40.4 Å². The van der Waals surface area contributed by atoms with Crippen LogP contribution in [0.2, 0.25) is 0 Å². The molecule has 2 atom stereocenters. The predicted octanol–water partition coefficient (Wildman–Crippen LogP) is 8.37. The molecule has 0 aliphatic heterocycles. The quantitative estimate of drug-likeness (QED) is 0.156. The minimum Gasteiger partial charge on any atom is -0.322 e. The molecule has 1 N–H and O–H groups in total. The molecule has 2 unspecified atom stereocenters. The molecule has 0 radical (unpaired) electrons. The first kappa shape index (κ1) is 30.2. The Morgan fingerprint density at radius 3 is 1.94 bits per heavy atom. The number of unbranched alkanes of at least 4 members (excludes halogenated alkanes) is 1. The Morgan fingerprint density at radius 2 is 1.30 bits per heavy atom. The number of tetrazole rings is 1. The largest absolute Gasteiger partial charge is 0.322 e. The molecule has 3 aromatic heterocycles. The van der Waals surface area contributed by atoms with Gasteiger partial charge in [-0.05, 0) is 39.5 Å². The van der Waals surface area contributed by atoms with Gasteiger partial charge in [0.15, 0.2) is 0 Å². The zero-order valence-corrected chi connectivity index (χ0v) is 27.0. The highest BCUT2D eigenvalue weighted by Gasteiger charge is 2.26. The Kier molecular flexibility index (Phi) is 8.64. The third kappa shape index (κ3) is 6.06. The number of nitrogens with one attached hydrogen (secondary N) is 1. The van der Waals surface area contributed by atoms with E-state index in [4.69, 9.17) is 15.2 Å². The maximum Gasteiger partial charge on any atom is 0.205 e. The lowest BCUT2D eigenvalue weighted by Gasteiger charge is -2.18. The highest BCUT2D eigenvalue weighted by Crippen LogP contribution is 2.36. The third-order valence-corrected chi connectivity index (χ3v) is 9.09. The van der Waals surface area contributed by atoms with Crippen LogP contribution in [0.1, 0.15) is 79.4 Å². The average Bonchev–Trinajstić information content (AvgIpc) is 3.80. The molecule has 47 heavy (non-hydrogen) atoms. The molecule has 8 nitrogen and oxygen atoms in total. The van der Waals surface area contributed by atoms with E-state index in [1.165, 1.54) is 16.7 Å². The van der Waals surface area contributed by atoms with Gasteiger partial charge in [0.1, 0.15) is 11.3 Å². The van der Waals surface area contributed by atoms with Crippen molar-refractivity contribution in [2.24, 2.45) is 0 Å². The van der Waals surface area contributed by atoms with Gasteiger partial charge in [0, 0.05) is 30.4 Å². The zero-order chi connectivity index (χ0) is 32.2. The van der Waals surface area contributed by atoms with Crippen molar-refractivity contribution in [1.29, 1.82) is 0 Å². The number of nitrogens with zero attached hydrogens (tertiary/aromatic N) is 7. The van der Waals surface area contributed by atoms with Crippen molar-refractivity contribution in [2.45, 2.75) is 58.4 Å². The molecule has 0 amide bonds. The first-order chi connectivity index (χ1) is 23.1. The van der Waals surface area contributed by atoms with Crippen LogP contribution in [-0.4, -0.2) is 40.4 Å². The summed E-state index contributed by atoms with van der Waals surface area (Å²) in [5.41, 5.74) is 10.6. The van der Waals surface area contributed by atoms with Crippen LogP contribution in [0.4, 0.5) is 0 Å². The monoisotopic (exact) mass is 618 g/mol. The van der Waals surface area contributed by atoms with Gasteiger partial charge in [-0.1, -0.05) is 136 Å². The number of fused-ring (bicyclic) bond motifs is 1. The van der Waals surface area contributed by atoms with Crippen LogP contribution in [0.25, 0.3) is 33.5 Å². The summed E-state index contributed by atoms with van der Waals surface area (Å²) in [5.74, 6) is 1.75. The molecule has 0 saturated carbocycles. The Bertz CT molecular complexity index is 2070. The number of aromatic nitrogens is 8. The highest BCUT2D eigenvalue weighted by atomic mass is 15.5. The minimum absolute atomic E-state index is 0.0470. The van der Waals surface area contributed by atoms with E-state index in [0.29, 0.717) is 12.4 Å². The molecule has 8 heteroatoms. The number of rotatable bonds is 11. The Morgan fingerprint density at radius 1 is 0.681 bits per heavy atom. The van der Waals surface area contributed by atoms with Crippen LogP contribution in [0.5, 0.6) is 0 Å². The predicted molar refractivity (Wildman–Crippen MR) is 186 cm³/mol. The number of hydrogen-bond donors (Lipinski definition) is 1. The summed E-state index contributed by atoms with van der Waals surface area (Å²) in [6.07, 6.45) is 3.04. The minimum atomic E-state index is 0.0470. The van der Waals surface area contributed by atoms with Crippen LogP contribution in [0.3, 0.4) is 0 Å². The van der Waals surface area contributed by atoms with Crippen molar-refractivity contribution >= 4 is 11.0 Å². The van der Waals surface area contributed by atoms with Gasteiger partial charge in [0.25, 0.3) is 0 Å². The normalized spacial score (nSPS) is 12.7. The van der Waals surface area contributed by atoms with Crippen molar-refractivity contribution in [3.8, 4) is 22.5 Å². The second-order valence-electron chi connectivity index (χ2n) is 12.1. The number of hydrogen-bond acceptors (Lipinski definition) is 6. The Hall–Kier alpha value is -5.50. The topological polar surface area (TPSA) is 98.1 Å². The van der Waals surface area contributed by atoms with Gasteiger partial charge < -0.3 is 4.57 Å². The Labute approximate surface area is 275 Å². The number of benzene rings is 4. The molecule has 3 heterocycles. The third-order valence-electron chi connectivity index (χ3n) is 9.09. The van der Waals surface area contributed by atoms with E-state index in [0.717, 1.165) is 64.2 Å². The SMILES string of the molecule is CCCCc1nc2c(C(C)c3ccccc3)nnc(C(C)c3ccccc3)c2n1Cc1ccc(-c2ccccc2-c2nn[nH]n2)cc1. The molecule has 7 aromatic rings. The lowest BCUT2D eigenvalue weighted by atomic mass is 9.93. The molecule has 0 spiro atoms. The molecule has 0 aliphatic carbocycles. The fraction of sp³-hybridized carbons (Fsp3) is 0.231. The summed E-state index contributed by atoms with van der Waals surface area (Å²) in [6.45, 7) is 7.34. The van der Waals surface area contributed by atoms with Gasteiger partial charge in [-0.2, -0.15) is 15.4 Å². The van der Waals surface area contributed by atoms with E-state index in [9.17, 15) is 0 Å². The first-order valence-corrected chi connectivity index (χ1v) is 16.4. The van der Waals surface area contributed by atoms with E-state index in [2.05, 4.69) is 137 Å². The summed E-state index contributed by atoms with van der Waals surface area (Å²) in [6, 6.07) is 38.0. The van der Waals surface area contributed by atoms with Gasteiger partial charge >= 0.3 is 0 Å². The second-order valence-corrected chi connectivity index (χ2v) is 12.1. The van der Waals surface area contributed by atoms with E-state index in [-0.39, 0.29) is 11.8 Å². The maximum absolute atomic E-state index is 5.37. The standard InChI is InChI=1S/C39H38N8/c1-4-5-20-34-40-37-35(26(2)29-14-8-6-9-15-29)41-42-36(27(3)30-16-10-7-11-17-30)38(37)47(34)25-28-21-23-31(24-22-28)32-18-12-13-19-33(32)39-43-45-46-44-39/h6-19,21-24,26-27H,4-5,20,25H2,1-3H3,(H,43,44,45,46). The van der Waals surface area contributed by atoms with Crippen LogP contribution in [-0.2, 0) is 13.0 Å². The van der Waals surface area contributed by atoms with E-state index >= 15 is 0 Å². The highest BCUT2D eigenvalue weighted by molar-refractivity contribution is 5.83. The summed E-state index contributed by atoms with van der Waals surface area (Å²) < 4.78 is 2.40. The van der Waals surface area contributed by atoms with Crippen molar-refractivity contribution in [2.75, 3.05) is 0 Å². The van der Waals surface area contributed by atoms with Gasteiger partial charge in [-0.25, -0.2) is 4.98 Å². The fourth-order valence-electron chi connectivity index (χ4n) is 6.40. The van der Waals surface area contributed by atoms with Crippen LogP contribution in [0.15, 0.2) is 109 Å². The van der Waals surface area contributed by atoms with Crippen molar-refractivity contribution < 1.29 is 0 Å². The summed E-state index contributed by atoms with van der Waals surface area (Å²) in [7, 11) is 0. The van der Waals surface area contributed by atoms with Gasteiger partial charge in [0.2, 0.25) is 5.82 Å². The fourth-order valence-corrected chi connectivity index (χ4v) is 6.40. The van der Waals surface area contributed by atoms with Crippen molar-refractivity contribution in [3.05, 3.63) is 143 Å². The molecule has 234 valence electrons. The number of aryl methyl sites for hydroxylation is 1. The molecule has 7 rings (SSSR count). The lowest BCUT2D eigenvalue weighted by Crippen LogP contribution is -2.11. The second kappa shape index (κ2) is 13.5. The summed E-state index contributed by atoms with van der Waals surface area (Å²) in [4.78, 5) is 5.37. The van der Waals surface area contributed by atoms with Gasteiger partial charge in [0.05, 0.1) is 16.9 Å². The lowest BCUT2D eigenvalue weighted by molar-refractivity contribution is 0.685. The smallest absolute Gasteiger partial charge is 0.205 e. The molecule has 0 bridgehead atoms. The van der Waals surface area contributed by atoms with Gasteiger partial charge in [-0.15, -0.1) is 10.2 Å². The summed E-state index contributed by atoms with van der Waals surface area (Å²) in [5, 5.41) is 24.7.